The first-order chi connectivity index (χ1) is 8.79. The summed E-state index contributed by atoms with van der Waals surface area (Å²) in [7, 11) is 0. The summed E-state index contributed by atoms with van der Waals surface area (Å²) >= 11 is 0. The minimum atomic E-state index is 0.628. The topological polar surface area (TPSA) is 12.0 Å². The van der Waals surface area contributed by atoms with Gasteiger partial charge in [0, 0.05) is 12.1 Å². The van der Waals surface area contributed by atoms with Crippen LogP contribution in [0.1, 0.15) is 51.5 Å². The molecular formula is C17H27N. The lowest BCUT2D eigenvalue weighted by molar-refractivity contribution is 0.334. The van der Waals surface area contributed by atoms with Crippen LogP contribution >= 0.6 is 0 Å². The molecule has 0 aromatic heterocycles. The highest BCUT2D eigenvalue weighted by Gasteiger charge is 2.23. The van der Waals surface area contributed by atoms with Crippen LogP contribution < -0.4 is 5.32 Å². The summed E-state index contributed by atoms with van der Waals surface area (Å²) in [5, 5.41) is 3.86. The predicted octanol–water partition coefficient (Wildman–Crippen LogP) is 4.18. The van der Waals surface area contributed by atoms with Crippen LogP contribution in [0.5, 0.6) is 0 Å². The molecule has 1 nitrogen and oxygen atoms in total. The standard InChI is InChI=1S/C17H27N/c1-3-17(13-15-9-5-4-6-10-15)18-14(2)16-11-7-8-12-16/h4-6,9-10,14,16-18H,3,7-8,11-13H2,1-2H3/t14-,17?/m0/s1. The molecule has 1 aromatic carbocycles. The molecule has 100 valence electrons. The van der Waals surface area contributed by atoms with Crippen LogP contribution in [0.25, 0.3) is 0 Å². The van der Waals surface area contributed by atoms with Crippen molar-refractivity contribution in [3.63, 3.8) is 0 Å². The van der Waals surface area contributed by atoms with Gasteiger partial charge in [-0.2, -0.15) is 0 Å². The molecule has 1 aliphatic rings. The molecule has 1 fully saturated rings. The van der Waals surface area contributed by atoms with Gasteiger partial charge in [-0.3, -0.25) is 0 Å². The number of benzene rings is 1. The van der Waals surface area contributed by atoms with Gasteiger partial charge in [0.15, 0.2) is 0 Å². The molecule has 1 saturated carbocycles. The molecule has 0 saturated heterocycles. The van der Waals surface area contributed by atoms with E-state index in [1.807, 2.05) is 0 Å². The van der Waals surface area contributed by atoms with Crippen molar-refractivity contribution in [2.45, 2.75) is 64.5 Å². The minimum Gasteiger partial charge on any atom is -0.311 e. The molecule has 0 aliphatic heterocycles. The molecule has 1 N–H and O–H groups in total. The van der Waals surface area contributed by atoms with Crippen molar-refractivity contribution >= 4 is 0 Å². The second-order valence-corrected chi connectivity index (χ2v) is 5.79. The molecule has 2 atom stereocenters. The minimum absolute atomic E-state index is 0.628. The molecule has 0 bridgehead atoms. The Hall–Kier alpha value is -0.820. The van der Waals surface area contributed by atoms with Gasteiger partial charge in [-0.05, 0) is 44.1 Å². The highest BCUT2D eigenvalue weighted by molar-refractivity contribution is 5.15. The van der Waals surface area contributed by atoms with Crippen LogP contribution in [0.2, 0.25) is 0 Å². The smallest absolute Gasteiger partial charge is 0.0107 e. The van der Waals surface area contributed by atoms with Crippen molar-refractivity contribution in [1.82, 2.24) is 5.32 Å². The van der Waals surface area contributed by atoms with Gasteiger partial charge in [0.25, 0.3) is 0 Å². The summed E-state index contributed by atoms with van der Waals surface area (Å²) in [5.41, 5.74) is 1.45. The Morgan fingerprint density at radius 1 is 1.17 bits per heavy atom. The fourth-order valence-corrected chi connectivity index (χ4v) is 3.18. The Bertz CT molecular complexity index is 327. The van der Waals surface area contributed by atoms with Gasteiger partial charge in [0.2, 0.25) is 0 Å². The van der Waals surface area contributed by atoms with E-state index < -0.39 is 0 Å². The summed E-state index contributed by atoms with van der Waals surface area (Å²) in [6.07, 6.45) is 8.10. The molecule has 0 amide bonds. The average Bonchev–Trinajstić information content (AvgIpc) is 2.93. The van der Waals surface area contributed by atoms with E-state index in [9.17, 15) is 0 Å². The summed E-state index contributed by atoms with van der Waals surface area (Å²) in [4.78, 5) is 0. The van der Waals surface area contributed by atoms with Crippen LogP contribution in [0.15, 0.2) is 30.3 Å². The van der Waals surface area contributed by atoms with Gasteiger partial charge < -0.3 is 5.32 Å². The van der Waals surface area contributed by atoms with E-state index in [2.05, 4.69) is 49.5 Å². The van der Waals surface area contributed by atoms with Gasteiger partial charge in [0.05, 0.1) is 0 Å². The zero-order valence-electron chi connectivity index (χ0n) is 11.9. The van der Waals surface area contributed by atoms with E-state index in [0.29, 0.717) is 12.1 Å². The van der Waals surface area contributed by atoms with E-state index >= 15 is 0 Å². The van der Waals surface area contributed by atoms with Crippen molar-refractivity contribution in [3.05, 3.63) is 35.9 Å². The molecule has 1 unspecified atom stereocenters. The average molecular weight is 245 g/mol. The zero-order chi connectivity index (χ0) is 12.8. The van der Waals surface area contributed by atoms with E-state index in [4.69, 9.17) is 0 Å². The highest BCUT2D eigenvalue weighted by atomic mass is 14.9. The first kappa shape index (κ1) is 13.6. The highest BCUT2D eigenvalue weighted by Crippen LogP contribution is 2.28. The Balaban J connectivity index is 1.85. The van der Waals surface area contributed by atoms with Crippen molar-refractivity contribution in [1.29, 1.82) is 0 Å². The number of hydrogen-bond donors (Lipinski definition) is 1. The van der Waals surface area contributed by atoms with Gasteiger partial charge in [-0.1, -0.05) is 50.1 Å². The summed E-state index contributed by atoms with van der Waals surface area (Å²) < 4.78 is 0. The Labute approximate surface area is 112 Å². The quantitative estimate of drug-likeness (QED) is 0.793. The Morgan fingerprint density at radius 2 is 1.83 bits per heavy atom. The van der Waals surface area contributed by atoms with Gasteiger partial charge in [-0.25, -0.2) is 0 Å². The summed E-state index contributed by atoms with van der Waals surface area (Å²) in [6.45, 7) is 4.67. The van der Waals surface area contributed by atoms with Gasteiger partial charge >= 0.3 is 0 Å². The fourth-order valence-electron chi connectivity index (χ4n) is 3.18. The predicted molar refractivity (Wildman–Crippen MR) is 78.8 cm³/mol. The largest absolute Gasteiger partial charge is 0.311 e. The van der Waals surface area contributed by atoms with Crippen LogP contribution in [0.3, 0.4) is 0 Å². The maximum atomic E-state index is 3.86. The first-order valence-electron chi connectivity index (χ1n) is 7.59. The Morgan fingerprint density at radius 3 is 2.44 bits per heavy atom. The lowest BCUT2D eigenvalue weighted by Crippen LogP contribution is -2.41. The third-order valence-electron chi connectivity index (χ3n) is 4.42. The second kappa shape index (κ2) is 6.94. The first-order valence-corrected chi connectivity index (χ1v) is 7.59. The number of nitrogens with one attached hydrogen (secondary N) is 1. The summed E-state index contributed by atoms with van der Waals surface area (Å²) in [6, 6.07) is 12.2. The molecule has 0 heterocycles. The normalized spacial score (nSPS) is 19.9. The lowest BCUT2D eigenvalue weighted by Gasteiger charge is -2.26. The second-order valence-electron chi connectivity index (χ2n) is 5.79. The maximum Gasteiger partial charge on any atom is 0.0107 e. The molecular weight excluding hydrogens is 218 g/mol. The molecule has 0 radical (unpaired) electrons. The van der Waals surface area contributed by atoms with Crippen molar-refractivity contribution in [2.24, 2.45) is 5.92 Å². The van der Waals surface area contributed by atoms with Crippen LogP contribution in [0, 0.1) is 5.92 Å². The van der Waals surface area contributed by atoms with Gasteiger partial charge in [0.1, 0.15) is 0 Å². The van der Waals surface area contributed by atoms with Crippen LogP contribution in [-0.4, -0.2) is 12.1 Å². The van der Waals surface area contributed by atoms with E-state index in [1.54, 1.807) is 0 Å². The van der Waals surface area contributed by atoms with Crippen LogP contribution in [-0.2, 0) is 6.42 Å². The third-order valence-corrected chi connectivity index (χ3v) is 4.42. The zero-order valence-corrected chi connectivity index (χ0v) is 11.9. The van der Waals surface area contributed by atoms with Gasteiger partial charge in [-0.15, -0.1) is 0 Å². The van der Waals surface area contributed by atoms with Crippen molar-refractivity contribution in [2.75, 3.05) is 0 Å². The molecule has 2 rings (SSSR count). The molecule has 1 aromatic rings. The number of hydrogen-bond acceptors (Lipinski definition) is 1. The molecule has 1 aliphatic carbocycles. The van der Waals surface area contributed by atoms with E-state index in [-0.39, 0.29) is 0 Å². The maximum absolute atomic E-state index is 3.86. The van der Waals surface area contributed by atoms with Crippen LogP contribution in [0.4, 0.5) is 0 Å². The van der Waals surface area contributed by atoms with Crippen molar-refractivity contribution in [3.8, 4) is 0 Å². The lowest BCUT2D eigenvalue weighted by atomic mass is 9.96. The molecule has 18 heavy (non-hydrogen) atoms. The SMILES string of the molecule is CCC(Cc1ccccc1)N[C@@H](C)C1CCCC1. The third kappa shape index (κ3) is 3.84. The fraction of sp³-hybridized carbons (Fsp3) is 0.647. The molecule has 0 spiro atoms. The Kier molecular flexibility index (Phi) is 5.25. The number of rotatable bonds is 6. The van der Waals surface area contributed by atoms with E-state index in [0.717, 1.165) is 12.3 Å². The monoisotopic (exact) mass is 245 g/mol. The van der Waals surface area contributed by atoms with E-state index in [1.165, 1.54) is 37.7 Å². The van der Waals surface area contributed by atoms with Crippen molar-refractivity contribution < 1.29 is 0 Å². The molecule has 1 heteroatoms. The summed E-state index contributed by atoms with van der Waals surface area (Å²) in [5.74, 6) is 0.912.